The van der Waals surface area contributed by atoms with Crippen molar-refractivity contribution >= 4 is 22.7 Å². The van der Waals surface area contributed by atoms with E-state index in [9.17, 15) is 9.59 Å². The lowest BCUT2D eigenvalue weighted by molar-refractivity contribution is -0.136. The second kappa shape index (κ2) is 10.0. The Morgan fingerprint density at radius 3 is 1.81 bits per heavy atom. The number of carbonyl (C=O) groups is 2. The molecular weight excluding hydrogens is 412 g/mol. The number of ether oxygens (including phenoxy) is 5. The highest BCUT2D eigenvalue weighted by atomic mass is 16.6. The third kappa shape index (κ3) is 4.46. The maximum Gasteiger partial charge on any atom is 0.311 e. The molecule has 0 aliphatic rings. The molecule has 3 aromatic rings. The summed E-state index contributed by atoms with van der Waals surface area (Å²) in [6.45, 7) is 3.39. The molecule has 7 nitrogen and oxygen atoms in total. The highest BCUT2D eigenvalue weighted by molar-refractivity contribution is 6.05. The van der Waals surface area contributed by atoms with Gasteiger partial charge in [0.05, 0.1) is 26.9 Å². The van der Waals surface area contributed by atoms with E-state index in [4.69, 9.17) is 23.7 Å². The molecule has 0 unspecified atom stereocenters. The molecule has 0 fully saturated rings. The van der Waals surface area contributed by atoms with Gasteiger partial charge in [0.1, 0.15) is 17.2 Å². The third-order valence-electron chi connectivity index (χ3n) is 4.96. The van der Waals surface area contributed by atoms with Gasteiger partial charge < -0.3 is 23.7 Å². The van der Waals surface area contributed by atoms with Crippen molar-refractivity contribution in [3.05, 3.63) is 42.5 Å². The Kier molecular flexibility index (Phi) is 7.20. The van der Waals surface area contributed by atoms with Gasteiger partial charge in [-0.1, -0.05) is 38.1 Å². The van der Waals surface area contributed by atoms with Crippen LogP contribution in [0.25, 0.3) is 21.9 Å². The van der Waals surface area contributed by atoms with E-state index < -0.39 is 11.9 Å². The van der Waals surface area contributed by atoms with Crippen LogP contribution in [0.2, 0.25) is 0 Å². The number of benzene rings is 3. The summed E-state index contributed by atoms with van der Waals surface area (Å²) in [6, 6.07) is 12.6. The van der Waals surface area contributed by atoms with Crippen molar-refractivity contribution in [2.45, 2.75) is 26.7 Å². The minimum Gasteiger partial charge on any atom is -0.496 e. The largest absolute Gasteiger partial charge is 0.496 e. The standard InChI is InChI=1S/C25H26O7/c1-6-22(26)31-21-14-18(24-19(29-4)12-15(28-3)13-20(24)30-5)16-10-8-9-11-17(16)25(21)32-23(27)7-2/h8-14H,6-7H2,1-5H3. The minimum absolute atomic E-state index is 0.146. The Morgan fingerprint density at radius 2 is 1.28 bits per heavy atom. The van der Waals surface area contributed by atoms with Crippen LogP contribution in [0.4, 0.5) is 0 Å². The van der Waals surface area contributed by atoms with Crippen molar-refractivity contribution in [2.24, 2.45) is 0 Å². The fourth-order valence-electron chi connectivity index (χ4n) is 3.36. The predicted octanol–water partition coefficient (Wildman–Crippen LogP) is 5.16. The molecule has 168 valence electrons. The molecule has 7 heteroatoms. The molecule has 0 aliphatic heterocycles. The van der Waals surface area contributed by atoms with E-state index in [0.29, 0.717) is 33.8 Å². The lowest BCUT2D eigenvalue weighted by Gasteiger charge is -2.19. The van der Waals surface area contributed by atoms with Gasteiger partial charge in [0.2, 0.25) is 0 Å². The van der Waals surface area contributed by atoms with Gasteiger partial charge in [-0.3, -0.25) is 9.59 Å². The van der Waals surface area contributed by atoms with Crippen LogP contribution in [0, 0.1) is 0 Å². The summed E-state index contributed by atoms with van der Waals surface area (Å²) < 4.78 is 27.8. The van der Waals surface area contributed by atoms with Crippen LogP contribution >= 0.6 is 0 Å². The van der Waals surface area contributed by atoms with Gasteiger partial charge in [-0.25, -0.2) is 0 Å². The second-order valence-electron chi connectivity index (χ2n) is 6.86. The number of fused-ring (bicyclic) bond motifs is 1. The molecule has 0 atom stereocenters. The number of methoxy groups -OCH3 is 3. The van der Waals surface area contributed by atoms with Crippen molar-refractivity contribution in [1.29, 1.82) is 0 Å². The summed E-state index contributed by atoms with van der Waals surface area (Å²) in [5, 5.41) is 1.38. The average Bonchev–Trinajstić information content (AvgIpc) is 2.83. The molecule has 0 spiro atoms. The zero-order chi connectivity index (χ0) is 23.3. The van der Waals surface area contributed by atoms with Crippen molar-refractivity contribution in [2.75, 3.05) is 21.3 Å². The van der Waals surface area contributed by atoms with Crippen molar-refractivity contribution in [1.82, 2.24) is 0 Å². The van der Waals surface area contributed by atoms with E-state index in [1.54, 1.807) is 53.4 Å². The molecule has 3 aromatic carbocycles. The normalized spacial score (nSPS) is 10.5. The van der Waals surface area contributed by atoms with Crippen LogP contribution in [0.3, 0.4) is 0 Å². The monoisotopic (exact) mass is 438 g/mol. The molecule has 0 aromatic heterocycles. The van der Waals surface area contributed by atoms with Gasteiger partial charge in [0.25, 0.3) is 0 Å². The molecule has 0 saturated carbocycles. The van der Waals surface area contributed by atoms with Crippen molar-refractivity contribution in [3.63, 3.8) is 0 Å². The van der Waals surface area contributed by atoms with Crippen molar-refractivity contribution < 1.29 is 33.3 Å². The summed E-state index contributed by atoms with van der Waals surface area (Å²) in [7, 11) is 4.66. The molecule has 0 bridgehead atoms. The SMILES string of the molecule is CCC(=O)Oc1cc(-c2c(OC)cc(OC)cc2OC)c2ccccc2c1OC(=O)CC. The summed E-state index contributed by atoms with van der Waals surface area (Å²) >= 11 is 0. The lowest BCUT2D eigenvalue weighted by atomic mass is 9.95. The van der Waals surface area contributed by atoms with Gasteiger partial charge >= 0.3 is 11.9 Å². The summed E-state index contributed by atoms with van der Waals surface area (Å²) in [5.74, 6) is 1.05. The molecule has 0 heterocycles. The van der Waals surface area contributed by atoms with Crippen LogP contribution in [-0.4, -0.2) is 33.3 Å². The zero-order valence-electron chi connectivity index (χ0n) is 18.8. The van der Waals surface area contributed by atoms with Gasteiger partial charge in [-0.05, 0) is 11.5 Å². The van der Waals surface area contributed by atoms with Gasteiger partial charge in [-0.15, -0.1) is 0 Å². The fraction of sp³-hybridized carbons (Fsp3) is 0.280. The lowest BCUT2D eigenvalue weighted by Crippen LogP contribution is -2.11. The van der Waals surface area contributed by atoms with E-state index in [0.717, 1.165) is 5.39 Å². The maximum absolute atomic E-state index is 12.2. The summed E-state index contributed by atoms with van der Waals surface area (Å²) in [5.41, 5.74) is 1.33. The van der Waals surface area contributed by atoms with Crippen LogP contribution in [-0.2, 0) is 9.59 Å². The first-order chi connectivity index (χ1) is 15.5. The highest BCUT2D eigenvalue weighted by Gasteiger charge is 2.24. The molecule has 3 rings (SSSR count). The smallest absolute Gasteiger partial charge is 0.311 e. The van der Waals surface area contributed by atoms with Crippen molar-refractivity contribution in [3.8, 4) is 39.9 Å². The van der Waals surface area contributed by atoms with E-state index >= 15 is 0 Å². The first-order valence-corrected chi connectivity index (χ1v) is 10.2. The Balaban J connectivity index is 2.40. The van der Waals surface area contributed by atoms with Gasteiger partial charge in [0, 0.05) is 35.9 Å². The molecule has 32 heavy (non-hydrogen) atoms. The number of hydrogen-bond acceptors (Lipinski definition) is 7. The number of rotatable bonds is 8. The topological polar surface area (TPSA) is 80.3 Å². The van der Waals surface area contributed by atoms with Crippen LogP contribution in [0.5, 0.6) is 28.7 Å². The molecule has 0 amide bonds. The van der Waals surface area contributed by atoms with Crippen LogP contribution in [0.15, 0.2) is 42.5 Å². The van der Waals surface area contributed by atoms with E-state index in [2.05, 4.69) is 0 Å². The summed E-state index contributed by atoms with van der Waals surface area (Å²) in [4.78, 5) is 24.3. The Hall–Kier alpha value is -3.74. The fourth-order valence-corrected chi connectivity index (χ4v) is 3.36. The quantitative estimate of drug-likeness (QED) is 0.355. The number of esters is 2. The number of hydrogen-bond donors (Lipinski definition) is 0. The van der Waals surface area contributed by atoms with Gasteiger partial charge in [0.15, 0.2) is 11.5 Å². The Bertz CT molecular complexity index is 1130. The molecule has 0 saturated heterocycles. The Labute approximate surface area is 186 Å². The molecule has 0 radical (unpaired) electrons. The third-order valence-corrected chi connectivity index (χ3v) is 4.96. The molecule has 0 N–H and O–H groups in total. The maximum atomic E-state index is 12.2. The van der Waals surface area contributed by atoms with E-state index in [1.165, 1.54) is 0 Å². The summed E-state index contributed by atoms with van der Waals surface area (Å²) in [6.07, 6.45) is 0.343. The number of carbonyl (C=O) groups excluding carboxylic acids is 2. The predicted molar refractivity (Wildman–Crippen MR) is 121 cm³/mol. The van der Waals surface area contributed by atoms with Gasteiger partial charge in [-0.2, -0.15) is 0 Å². The van der Waals surface area contributed by atoms with Crippen LogP contribution < -0.4 is 23.7 Å². The highest BCUT2D eigenvalue weighted by Crippen LogP contribution is 2.48. The first-order valence-electron chi connectivity index (χ1n) is 10.2. The second-order valence-corrected chi connectivity index (χ2v) is 6.86. The minimum atomic E-state index is -0.450. The Morgan fingerprint density at radius 1 is 0.719 bits per heavy atom. The molecular formula is C25H26O7. The van der Waals surface area contributed by atoms with Crippen LogP contribution in [0.1, 0.15) is 26.7 Å². The average molecular weight is 438 g/mol. The molecule has 0 aliphatic carbocycles. The zero-order valence-corrected chi connectivity index (χ0v) is 18.8. The first kappa shape index (κ1) is 22.9. The van der Waals surface area contributed by atoms with E-state index in [-0.39, 0.29) is 24.3 Å². The van der Waals surface area contributed by atoms with E-state index in [1.807, 2.05) is 24.3 Å².